The number of rotatable bonds is 6. The van der Waals surface area contributed by atoms with E-state index in [4.69, 9.17) is 6.42 Å². The highest BCUT2D eigenvalue weighted by Gasteiger charge is 2.04. The number of anilines is 1. The van der Waals surface area contributed by atoms with Gasteiger partial charge < -0.3 is 10.6 Å². The number of carbonyl (C=O) groups excluding carboxylic acids is 1. The molecule has 5 heteroatoms. The SMILES string of the molecule is C#CCCCCNc1ccc(C(=O)NC)nn1. The lowest BCUT2D eigenvalue weighted by molar-refractivity contribution is 0.0957. The third-order valence-corrected chi connectivity index (χ3v) is 2.18. The lowest BCUT2D eigenvalue weighted by atomic mass is 10.2. The molecule has 0 aliphatic rings. The zero-order chi connectivity index (χ0) is 12.5. The molecule has 0 saturated carbocycles. The van der Waals surface area contributed by atoms with E-state index in [1.54, 1.807) is 19.2 Å². The van der Waals surface area contributed by atoms with E-state index < -0.39 is 0 Å². The summed E-state index contributed by atoms with van der Waals surface area (Å²) in [6.07, 6.45) is 7.93. The van der Waals surface area contributed by atoms with E-state index >= 15 is 0 Å². The first-order valence-electron chi connectivity index (χ1n) is 5.51. The largest absolute Gasteiger partial charge is 0.369 e. The van der Waals surface area contributed by atoms with E-state index in [9.17, 15) is 4.79 Å². The molecule has 0 radical (unpaired) electrons. The number of aromatic nitrogens is 2. The highest BCUT2D eigenvalue weighted by molar-refractivity contribution is 5.91. The van der Waals surface area contributed by atoms with Gasteiger partial charge in [-0.15, -0.1) is 22.5 Å². The van der Waals surface area contributed by atoms with Gasteiger partial charge >= 0.3 is 0 Å². The molecular formula is C12H16N4O. The summed E-state index contributed by atoms with van der Waals surface area (Å²) in [5, 5.41) is 13.3. The molecule has 1 heterocycles. The summed E-state index contributed by atoms with van der Waals surface area (Å²) < 4.78 is 0. The van der Waals surface area contributed by atoms with E-state index in [2.05, 4.69) is 26.8 Å². The van der Waals surface area contributed by atoms with Crippen molar-refractivity contribution in [1.29, 1.82) is 0 Å². The van der Waals surface area contributed by atoms with Gasteiger partial charge in [0.15, 0.2) is 5.69 Å². The Balaban J connectivity index is 2.36. The number of nitrogens with zero attached hydrogens (tertiary/aromatic N) is 2. The number of carbonyl (C=O) groups is 1. The molecule has 1 aromatic heterocycles. The minimum absolute atomic E-state index is 0.238. The summed E-state index contributed by atoms with van der Waals surface area (Å²) in [7, 11) is 1.56. The first kappa shape index (κ1) is 13.0. The first-order valence-corrected chi connectivity index (χ1v) is 5.51. The van der Waals surface area contributed by atoms with Crippen LogP contribution in [0.4, 0.5) is 5.82 Å². The van der Waals surface area contributed by atoms with Gasteiger partial charge in [-0.1, -0.05) is 0 Å². The lowest BCUT2D eigenvalue weighted by Gasteiger charge is -2.04. The molecule has 0 spiro atoms. The number of hydrogen-bond acceptors (Lipinski definition) is 4. The quantitative estimate of drug-likeness (QED) is 0.568. The van der Waals surface area contributed by atoms with Crippen molar-refractivity contribution >= 4 is 11.7 Å². The smallest absolute Gasteiger partial charge is 0.271 e. The minimum Gasteiger partial charge on any atom is -0.369 e. The fourth-order valence-corrected chi connectivity index (χ4v) is 1.24. The summed E-state index contributed by atoms with van der Waals surface area (Å²) >= 11 is 0. The fraction of sp³-hybridized carbons (Fsp3) is 0.417. The Morgan fingerprint density at radius 2 is 2.24 bits per heavy atom. The van der Waals surface area contributed by atoms with Crippen LogP contribution in [0.5, 0.6) is 0 Å². The Morgan fingerprint density at radius 1 is 1.41 bits per heavy atom. The molecule has 90 valence electrons. The predicted molar refractivity (Wildman–Crippen MR) is 66.6 cm³/mol. The topological polar surface area (TPSA) is 66.9 Å². The fourth-order valence-electron chi connectivity index (χ4n) is 1.24. The molecule has 0 aliphatic carbocycles. The van der Waals surface area contributed by atoms with Crippen molar-refractivity contribution in [2.45, 2.75) is 19.3 Å². The number of unbranched alkanes of at least 4 members (excludes halogenated alkanes) is 2. The molecule has 1 amide bonds. The summed E-state index contributed by atoms with van der Waals surface area (Å²) in [4.78, 5) is 11.2. The summed E-state index contributed by atoms with van der Waals surface area (Å²) in [6.45, 7) is 0.801. The van der Waals surface area contributed by atoms with Crippen LogP contribution in [-0.2, 0) is 0 Å². The number of hydrogen-bond donors (Lipinski definition) is 2. The van der Waals surface area contributed by atoms with Gasteiger partial charge in [0, 0.05) is 20.0 Å². The molecule has 0 bridgehead atoms. The van der Waals surface area contributed by atoms with Crippen LogP contribution >= 0.6 is 0 Å². The van der Waals surface area contributed by atoms with Crippen molar-refractivity contribution in [2.24, 2.45) is 0 Å². The lowest BCUT2D eigenvalue weighted by Crippen LogP contribution is -2.19. The van der Waals surface area contributed by atoms with Crippen molar-refractivity contribution in [3.05, 3.63) is 17.8 Å². The van der Waals surface area contributed by atoms with Crippen molar-refractivity contribution in [3.63, 3.8) is 0 Å². The van der Waals surface area contributed by atoms with E-state index in [0.29, 0.717) is 11.5 Å². The molecule has 0 aliphatic heterocycles. The molecule has 1 rings (SSSR count). The summed E-state index contributed by atoms with van der Waals surface area (Å²) in [5.74, 6) is 3.02. The van der Waals surface area contributed by atoms with Crippen molar-refractivity contribution < 1.29 is 4.79 Å². The standard InChI is InChI=1S/C12H16N4O/c1-3-4-5-6-9-14-11-8-7-10(15-16-11)12(17)13-2/h1,7-8H,4-6,9H2,2H3,(H,13,17)(H,14,16). The third-order valence-electron chi connectivity index (χ3n) is 2.18. The van der Waals surface area contributed by atoms with Crippen LogP contribution in [0, 0.1) is 12.3 Å². The Bertz CT molecular complexity index is 394. The van der Waals surface area contributed by atoms with Crippen molar-refractivity contribution in [3.8, 4) is 12.3 Å². The van der Waals surface area contributed by atoms with Gasteiger partial charge in [0.05, 0.1) is 0 Å². The minimum atomic E-state index is -0.238. The molecule has 0 atom stereocenters. The highest BCUT2D eigenvalue weighted by Crippen LogP contribution is 2.03. The maximum atomic E-state index is 11.2. The highest BCUT2D eigenvalue weighted by atomic mass is 16.1. The number of nitrogens with one attached hydrogen (secondary N) is 2. The predicted octanol–water partition coefficient (Wildman–Crippen LogP) is 1.05. The molecular weight excluding hydrogens is 216 g/mol. The third kappa shape index (κ3) is 4.51. The molecule has 0 aromatic carbocycles. The van der Waals surface area contributed by atoms with Gasteiger partial charge in [0.1, 0.15) is 5.82 Å². The van der Waals surface area contributed by atoms with E-state index in [-0.39, 0.29) is 5.91 Å². The first-order chi connectivity index (χ1) is 8.27. The van der Waals surface area contributed by atoms with Crippen LogP contribution in [0.3, 0.4) is 0 Å². The summed E-state index contributed by atoms with van der Waals surface area (Å²) in [6, 6.07) is 3.37. The van der Waals surface area contributed by atoms with E-state index in [0.717, 1.165) is 25.8 Å². The van der Waals surface area contributed by atoms with Crippen LogP contribution < -0.4 is 10.6 Å². The maximum Gasteiger partial charge on any atom is 0.271 e. The van der Waals surface area contributed by atoms with Crippen molar-refractivity contribution in [2.75, 3.05) is 18.9 Å². The zero-order valence-corrected chi connectivity index (χ0v) is 9.86. The molecule has 1 aromatic rings. The van der Waals surface area contributed by atoms with Crippen LogP contribution in [0.1, 0.15) is 29.8 Å². The van der Waals surface area contributed by atoms with Gasteiger partial charge in [-0.3, -0.25) is 4.79 Å². The average molecular weight is 232 g/mol. The van der Waals surface area contributed by atoms with Gasteiger partial charge in [0.25, 0.3) is 5.91 Å². The van der Waals surface area contributed by atoms with Gasteiger partial charge in [0.2, 0.25) is 0 Å². The molecule has 2 N–H and O–H groups in total. The maximum absolute atomic E-state index is 11.2. The summed E-state index contributed by atoms with van der Waals surface area (Å²) in [5.41, 5.74) is 0.311. The van der Waals surface area contributed by atoms with E-state index in [1.807, 2.05) is 0 Å². The monoisotopic (exact) mass is 232 g/mol. The number of terminal acetylenes is 1. The van der Waals surface area contributed by atoms with Crippen LogP contribution in [0.15, 0.2) is 12.1 Å². The molecule has 0 unspecified atom stereocenters. The Labute approximate surface area is 101 Å². The van der Waals surface area contributed by atoms with Gasteiger partial charge in [-0.2, -0.15) is 0 Å². The molecule has 0 saturated heterocycles. The Kier molecular flexibility index (Phi) is 5.52. The number of amides is 1. The Morgan fingerprint density at radius 3 is 2.82 bits per heavy atom. The van der Waals surface area contributed by atoms with Gasteiger partial charge in [-0.25, -0.2) is 0 Å². The average Bonchev–Trinajstić information content (AvgIpc) is 2.38. The Hall–Kier alpha value is -2.09. The second kappa shape index (κ2) is 7.23. The normalized spacial score (nSPS) is 9.41. The van der Waals surface area contributed by atoms with Crippen LogP contribution in [0.2, 0.25) is 0 Å². The van der Waals surface area contributed by atoms with Gasteiger partial charge in [-0.05, 0) is 25.0 Å². The molecule has 0 fully saturated rings. The van der Waals surface area contributed by atoms with Crippen molar-refractivity contribution in [1.82, 2.24) is 15.5 Å². The zero-order valence-electron chi connectivity index (χ0n) is 9.86. The molecule has 17 heavy (non-hydrogen) atoms. The molecule has 5 nitrogen and oxygen atoms in total. The second-order valence-electron chi connectivity index (χ2n) is 3.47. The van der Waals surface area contributed by atoms with Crippen LogP contribution in [0.25, 0.3) is 0 Å². The van der Waals surface area contributed by atoms with E-state index in [1.165, 1.54) is 0 Å². The van der Waals surface area contributed by atoms with Crippen LogP contribution in [-0.4, -0.2) is 29.7 Å². The second-order valence-corrected chi connectivity index (χ2v) is 3.47.